The molecule has 0 radical (unpaired) electrons. The molecule has 7 heteroatoms. The number of ether oxygens (including phenoxy) is 2. The molecular weight excluding hydrogens is 270 g/mol. The van der Waals surface area contributed by atoms with E-state index < -0.39 is 12.6 Å². The molecule has 2 N–H and O–H groups in total. The van der Waals surface area contributed by atoms with Crippen LogP contribution in [0.5, 0.6) is 5.75 Å². The quantitative estimate of drug-likeness (QED) is 0.804. The van der Waals surface area contributed by atoms with E-state index in [-0.39, 0.29) is 36.4 Å². The van der Waals surface area contributed by atoms with E-state index in [1.807, 2.05) is 6.07 Å². The summed E-state index contributed by atoms with van der Waals surface area (Å²) in [5, 5.41) is 9.01. The van der Waals surface area contributed by atoms with Crippen LogP contribution in [0.25, 0.3) is 0 Å². The number of esters is 1. The van der Waals surface area contributed by atoms with Gasteiger partial charge in [0, 0.05) is 12.1 Å². The van der Waals surface area contributed by atoms with Gasteiger partial charge in [-0.2, -0.15) is 14.0 Å². The minimum Gasteiger partial charge on any atom is -0.466 e. The van der Waals surface area contributed by atoms with Gasteiger partial charge in [0.15, 0.2) is 0 Å². The zero-order chi connectivity index (χ0) is 15.1. The summed E-state index contributed by atoms with van der Waals surface area (Å²) in [6, 6.07) is 4.53. The number of nitrogens with two attached hydrogens (primary N) is 1. The van der Waals surface area contributed by atoms with Crippen molar-refractivity contribution >= 4 is 5.97 Å². The van der Waals surface area contributed by atoms with E-state index in [0.717, 1.165) is 0 Å². The van der Waals surface area contributed by atoms with Crippen LogP contribution in [-0.2, 0) is 22.5 Å². The lowest BCUT2D eigenvalue weighted by atomic mass is 10.0. The topological polar surface area (TPSA) is 85.3 Å². The average Bonchev–Trinajstić information content (AvgIpc) is 2.37. The van der Waals surface area contributed by atoms with Crippen molar-refractivity contribution in [1.82, 2.24) is 0 Å². The molecule has 0 aliphatic heterocycles. The molecule has 0 saturated heterocycles. The van der Waals surface area contributed by atoms with Crippen LogP contribution in [0, 0.1) is 11.3 Å². The number of carbonyl (C=O) groups is 1. The maximum atomic E-state index is 12.3. The summed E-state index contributed by atoms with van der Waals surface area (Å²) >= 11 is 0. The highest BCUT2D eigenvalue weighted by Gasteiger charge is 2.16. The molecule has 0 aliphatic rings. The molecule has 108 valence electrons. The molecule has 1 rings (SSSR count). The van der Waals surface area contributed by atoms with Gasteiger partial charge in [0.1, 0.15) is 5.75 Å². The molecule has 20 heavy (non-hydrogen) atoms. The second-order valence-electron chi connectivity index (χ2n) is 3.80. The highest BCUT2D eigenvalue weighted by atomic mass is 19.3. The van der Waals surface area contributed by atoms with Gasteiger partial charge in [-0.25, -0.2) is 0 Å². The summed E-state index contributed by atoms with van der Waals surface area (Å²) in [7, 11) is 0. The summed E-state index contributed by atoms with van der Waals surface area (Å²) < 4.78 is 33.8. The standard InChI is InChI=1S/C13H14F2N2O3/c1-2-19-12(18)5-8-3-9(6-16)10(7-17)11(4-8)20-13(14)15/h3-4,13H,2,5,7,17H2,1H3. The van der Waals surface area contributed by atoms with Crippen LogP contribution in [0.15, 0.2) is 12.1 Å². The summed E-state index contributed by atoms with van der Waals surface area (Å²) in [5.41, 5.74) is 6.07. The molecule has 0 atom stereocenters. The molecule has 0 fully saturated rings. The predicted molar refractivity (Wildman–Crippen MR) is 66.0 cm³/mol. The SMILES string of the molecule is CCOC(=O)Cc1cc(C#N)c(CN)c(OC(F)F)c1. The van der Waals surface area contributed by atoms with Crippen molar-refractivity contribution in [2.24, 2.45) is 5.73 Å². The number of hydrogen-bond acceptors (Lipinski definition) is 5. The Kier molecular flexibility index (Phi) is 5.87. The van der Waals surface area contributed by atoms with Crippen LogP contribution in [0.3, 0.4) is 0 Å². The third-order valence-electron chi connectivity index (χ3n) is 2.46. The van der Waals surface area contributed by atoms with Crippen LogP contribution < -0.4 is 10.5 Å². The van der Waals surface area contributed by atoms with E-state index in [0.29, 0.717) is 5.56 Å². The lowest BCUT2D eigenvalue weighted by Crippen LogP contribution is -2.12. The smallest absolute Gasteiger partial charge is 0.387 e. The van der Waals surface area contributed by atoms with Crippen molar-refractivity contribution in [2.75, 3.05) is 6.61 Å². The number of nitriles is 1. The molecule has 0 unspecified atom stereocenters. The first kappa shape index (κ1) is 15.9. The second-order valence-corrected chi connectivity index (χ2v) is 3.80. The zero-order valence-corrected chi connectivity index (χ0v) is 10.9. The van der Waals surface area contributed by atoms with Gasteiger partial charge in [-0.3, -0.25) is 4.79 Å². The number of benzene rings is 1. The third-order valence-corrected chi connectivity index (χ3v) is 2.46. The normalized spacial score (nSPS) is 10.2. The van der Waals surface area contributed by atoms with E-state index in [1.54, 1.807) is 6.92 Å². The minimum atomic E-state index is -3.04. The van der Waals surface area contributed by atoms with Gasteiger partial charge in [-0.05, 0) is 24.6 Å². The van der Waals surface area contributed by atoms with Gasteiger partial charge in [0.05, 0.1) is 24.7 Å². The second kappa shape index (κ2) is 7.40. The number of alkyl halides is 2. The van der Waals surface area contributed by atoms with Crippen LogP contribution in [-0.4, -0.2) is 19.2 Å². The number of nitrogens with zero attached hydrogens (tertiary/aromatic N) is 1. The van der Waals surface area contributed by atoms with E-state index in [4.69, 9.17) is 15.7 Å². The Morgan fingerprint density at radius 3 is 2.70 bits per heavy atom. The van der Waals surface area contributed by atoms with E-state index in [2.05, 4.69) is 4.74 Å². The maximum Gasteiger partial charge on any atom is 0.387 e. The zero-order valence-electron chi connectivity index (χ0n) is 10.9. The molecule has 0 aliphatic carbocycles. The van der Waals surface area contributed by atoms with Crippen LogP contribution in [0.1, 0.15) is 23.6 Å². The van der Waals surface area contributed by atoms with Gasteiger partial charge >= 0.3 is 12.6 Å². The van der Waals surface area contributed by atoms with Crippen LogP contribution in [0.4, 0.5) is 8.78 Å². The van der Waals surface area contributed by atoms with Crippen molar-refractivity contribution < 1.29 is 23.0 Å². The van der Waals surface area contributed by atoms with Crippen molar-refractivity contribution in [3.05, 3.63) is 28.8 Å². The Bertz CT molecular complexity index is 527. The highest BCUT2D eigenvalue weighted by Crippen LogP contribution is 2.26. The molecule has 1 aromatic rings. The van der Waals surface area contributed by atoms with Gasteiger partial charge < -0.3 is 15.2 Å². The van der Waals surface area contributed by atoms with E-state index in [9.17, 15) is 13.6 Å². The number of carbonyl (C=O) groups excluding carboxylic acids is 1. The van der Waals surface area contributed by atoms with Gasteiger partial charge in [-0.15, -0.1) is 0 Å². The van der Waals surface area contributed by atoms with Gasteiger partial charge in [0.25, 0.3) is 0 Å². The number of rotatable bonds is 6. The fourth-order valence-corrected chi connectivity index (χ4v) is 1.69. The maximum absolute atomic E-state index is 12.3. The molecule has 0 aromatic heterocycles. The van der Waals surface area contributed by atoms with Crippen molar-refractivity contribution in [3.8, 4) is 11.8 Å². The predicted octanol–water partition coefficient (Wildman–Crippen LogP) is 1.72. The van der Waals surface area contributed by atoms with Crippen molar-refractivity contribution in [2.45, 2.75) is 26.5 Å². The Hall–Kier alpha value is -2.20. The number of hydrogen-bond donors (Lipinski definition) is 1. The Morgan fingerprint density at radius 2 is 2.20 bits per heavy atom. The monoisotopic (exact) mass is 284 g/mol. The fourth-order valence-electron chi connectivity index (χ4n) is 1.69. The van der Waals surface area contributed by atoms with Crippen LogP contribution in [0.2, 0.25) is 0 Å². The first-order valence-corrected chi connectivity index (χ1v) is 5.88. The molecule has 0 bridgehead atoms. The summed E-state index contributed by atoms with van der Waals surface area (Å²) in [6.07, 6.45) is -0.132. The summed E-state index contributed by atoms with van der Waals surface area (Å²) in [6.45, 7) is -1.29. The molecule has 0 amide bonds. The van der Waals surface area contributed by atoms with Gasteiger partial charge in [0.2, 0.25) is 0 Å². The summed E-state index contributed by atoms with van der Waals surface area (Å²) in [4.78, 5) is 11.4. The molecule has 1 aromatic carbocycles. The first-order chi connectivity index (χ1) is 9.51. The molecular formula is C13H14F2N2O3. The Labute approximate surface area is 114 Å². The Morgan fingerprint density at radius 1 is 1.50 bits per heavy atom. The van der Waals surface area contributed by atoms with Crippen molar-refractivity contribution in [3.63, 3.8) is 0 Å². The largest absolute Gasteiger partial charge is 0.466 e. The van der Waals surface area contributed by atoms with E-state index in [1.165, 1.54) is 12.1 Å². The van der Waals surface area contributed by atoms with E-state index >= 15 is 0 Å². The lowest BCUT2D eigenvalue weighted by molar-refractivity contribution is -0.142. The lowest BCUT2D eigenvalue weighted by Gasteiger charge is -2.13. The third kappa shape index (κ3) is 4.17. The first-order valence-electron chi connectivity index (χ1n) is 5.88. The van der Waals surface area contributed by atoms with Crippen LogP contribution >= 0.6 is 0 Å². The minimum absolute atomic E-state index is 0.102. The average molecular weight is 284 g/mol. The fraction of sp³-hybridized carbons (Fsp3) is 0.385. The van der Waals surface area contributed by atoms with Gasteiger partial charge in [-0.1, -0.05) is 0 Å². The van der Waals surface area contributed by atoms with Crippen molar-refractivity contribution in [1.29, 1.82) is 5.26 Å². The molecule has 5 nitrogen and oxygen atoms in total. The highest BCUT2D eigenvalue weighted by molar-refractivity contribution is 5.73. The molecule has 0 heterocycles. The number of halogens is 2. The molecule has 0 spiro atoms. The Balaban J connectivity index is 3.14. The molecule has 0 saturated carbocycles. The summed E-state index contributed by atoms with van der Waals surface area (Å²) in [5.74, 6) is -0.708.